The van der Waals surface area contributed by atoms with Crippen LogP contribution in [0.2, 0.25) is 0 Å². The molecule has 1 N–H and O–H groups in total. The van der Waals surface area contributed by atoms with Gasteiger partial charge in [-0.15, -0.1) is 0 Å². The quantitative estimate of drug-likeness (QED) is 0.798. The van der Waals surface area contributed by atoms with Gasteiger partial charge in [0.2, 0.25) is 0 Å². The van der Waals surface area contributed by atoms with Crippen molar-refractivity contribution in [3.05, 3.63) is 35.1 Å². The van der Waals surface area contributed by atoms with Gasteiger partial charge in [0.15, 0.2) is 11.6 Å². The highest BCUT2D eigenvalue weighted by Crippen LogP contribution is 2.34. The second-order valence-electron chi connectivity index (χ2n) is 4.70. The van der Waals surface area contributed by atoms with E-state index in [1.807, 2.05) is 0 Å². The summed E-state index contributed by atoms with van der Waals surface area (Å²) in [4.78, 5) is 0. The van der Waals surface area contributed by atoms with E-state index in [9.17, 15) is 13.2 Å². The molecule has 0 radical (unpaired) electrons. The van der Waals surface area contributed by atoms with Crippen molar-refractivity contribution in [2.24, 2.45) is 0 Å². The minimum absolute atomic E-state index is 0.0668. The molecule has 2 rings (SSSR count). The lowest BCUT2D eigenvalue weighted by molar-refractivity contribution is 0.174. The van der Waals surface area contributed by atoms with Crippen LogP contribution in [0.15, 0.2) is 12.1 Å². The van der Waals surface area contributed by atoms with E-state index in [0.29, 0.717) is 6.07 Å². The molecule has 1 aromatic rings. The van der Waals surface area contributed by atoms with Crippen molar-refractivity contribution in [2.45, 2.75) is 44.7 Å². The maximum Gasteiger partial charge on any atom is 0.161 e. The largest absolute Gasteiger partial charge is 0.307 e. The first-order valence-corrected chi connectivity index (χ1v) is 5.95. The van der Waals surface area contributed by atoms with E-state index in [1.54, 1.807) is 0 Å². The standard InChI is InChI=1S/C13H16F3N/c1-2-13(4-3-5-13)17-8-9-6-11(15)12(16)7-10(9)14/h6-7,17H,2-5,8H2,1H3. The van der Waals surface area contributed by atoms with Crippen molar-refractivity contribution in [1.29, 1.82) is 0 Å². The molecule has 0 aromatic heterocycles. The Morgan fingerprint density at radius 2 is 1.76 bits per heavy atom. The Balaban J connectivity index is 2.06. The molecule has 0 bridgehead atoms. The molecule has 0 amide bonds. The van der Waals surface area contributed by atoms with Gasteiger partial charge in [0.05, 0.1) is 0 Å². The molecule has 94 valence electrons. The molecule has 1 aromatic carbocycles. The average Bonchev–Trinajstić information content (AvgIpc) is 2.24. The smallest absolute Gasteiger partial charge is 0.161 e. The summed E-state index contributed by atoms with van der Waals surface area (Å²) in [5.74, 6) is -2.83. The van der Waals surface area contributed by atoms with Crippen molar-refractivity contribution in [3.63, 3.8) is 0 Å². The van der Waals surface area contributed by atoms with Crippen LogP contribution in [0.1, 0.15) is 38.2 Å². The van der Waals surface area contributed by atoms with E-state index in [4.69, 9.17) is 0 Å². The van der Waals surface area contributed by atoms with Crippen LogP contribution in [-0.4, -0.2) is 5.54 Å². The molecule has 1 aliphatic carbocycles. The number of nitrogens with one attached hydrogen (secondary N) is 1. The third-order valence-electron chi connectivity index (χ3n) is 3.73. The highest BCUT2D eigenvalue weighted by molar-refractivity contribution is 5.20. The molecule has 4 heteroatoms. The fourth-order valence-corrected chi connectivity index (χ4v) is 2.24. The van der Waals surface area contributed by atoms with Gasteiger partial charge >= 0.3 is 0 Å². The molecule has 1 aliphatic rings. The fraction of sp³-hybridized carbons (Fsp3) is 0.538. The highest BCUT2D eigenvalue weighted by Gasteiger charge is 2.34. The minimum atomic E-state index is -1.14. The van der Waals surface area contributed by atoms with E-state index >= 15 is 0 Å². The molecule has 0 unspecified atom stereocenters. The second-order valence-corrected chi connectivity index (χ2v) is 4.70. The van der Waals surface area contributed by atoms with Gasteiger partial charge < -0.3 is 5.32 Å². The Bertz CT molecular complexity index is 408. The maximum absolute atomic E-state index is 13.4. The highest BCUT2D eigenvalue weighted by atomic mass is 19.2. The molecule has 0 saturated heterocycles. The predicted molar refractivity (Wildman–Crippen MR) is 60.0 cm³/mol. The number of hydrogen-bond acceptors (Lipinski definition) is 1. The molecule has 0 atom stereocenters. The van der Waals surface area contributed by atoms with Gasteiger partial charge in [0.1, 0.15) is 5.82 Å². The van der Waals surface area contributed by atoms with Crippen molar-refractivity contribution in [1.82, 2.24) is 5.32 Å². The van der Waals surface area contributed by atoms with Crippen molar-refractivity contribution < 1.29 is 13.2 Å². The van der Waals surface area contributed by atoms with E-state index < -0.39 is 17.5 Å². The first-order valence-electron chi connectivity index (χ1n) is 5.95. The van der Waals surface area contributed by atoms with Crippen molar-refractivity contribution >= 4 is 0 Å². The minimum Gasteiger partial charge on any atom is -0.307 e. The zero-order valence-electron chi connectivity index (χ0n) is 9.82. The Morgan fingerprint density at radius 3 is 2.29 bits per heavy atom. The molecule has 0 aliphatic heterocycles. The Labute approximate surface area is 99.0 Å². The van der Waals surface area contributed by atoms with Gasteiger partial charge in [-0.25, -0.2) is 13.2 Å². The molecular formula is C13H16F3N. The van der Waals surface area contributed by atoms with Crippen molar-refractivity contribution in [3.8, 4) is 0 Å². The summed E-state index contributed by atoms with van der Waals surface area (Å²) in [7, 11) is 0. The monoisotopic (exact) mass is 243 g/mol. The van der Waals surface area contributed by atoms with Gasteiger partial charge in [-0.2, -0.15) is 0 Å². The average molecular weight is 243 g/mol. The molecule has 0 spiro atoms. The summed E-state index contributed by atoms with van der Waals surface area (Å²) >= 11 is 0. The number of benzene rings is 1. The summed E-state index contributed by atoms with van der Waals surface area (Å²) < 4.78 is 39.1. The third kappa shape index (κ3) is 2.46. The van der Waals surface area contributed by atoms with E-state index in [0.717, 1.165) is 25.3 Å². The van der Waals surface area contributed by atoms with E-state index in [2.05, 4.69) is 12.2 Å². The second kappa shape index (κ2) is 4.69. The van der Waals surface area contributed by atoms with Crippen LogP contribution < -0.4 is 5.32 Å². The zero-order chi connectivity index (χ0) is 12.5. The normalized spacial score (nSPS) is 17.9. The first kappa shape index (κ1) is 12.4. The third-order valence-corrected chi connectivity index (χ3v) is 3.73. The van der Waals surface area contributed by atoms with Crippen LogP contribution in [0, 0.1) is 17.5 Å². The van der Waals surface area contributed by atoms with Crippen LogP contribution in [0.5, 0.6) is 0 Å². The van der Waals surface area contributed by atoms with Crippen LogP contribution >= 0.6 is 0 Å². The lowest BCUT2D eigenvalue weighted by Gasteiger charge is -2.42. The molecule has 1 nitrogen and oxygen atoms in total. The summed E-state index contributed by atoms with van der Waals surface area (Å²) in [5.41, 5.74) is 0.251. The predicted octanol–water partition coefficient (Wildman–Crippen LogP) is 3.53. The van der Waals surface area contributed by atoms with Crippen LogP contribution in [0.25, 0.3) is 0 Å². The molecule has 0 heterocycles. The van der Waals surface area contributed by atoms with Gasteiger partial charge in [0.25, 0.3) is 0 Å². The summed E-state index contributed by atoms with van der Waals surface area (Å²) in [6.07, 6.45) is 4.27. The van der Waals surface area contributed by atoms with Crippen LogP contribution in [-0.2, 0) is 6.54 Å². The van der Waals surface area contributed by atoms with Crippen LogP contribution in [0.4, 0.5) is 13.2 Å². The summed E-state index contributed by atoms with van der Waals surface area (Å²) in [6, 6.07) is 1.53. The Morgan fingerprint density at radius 1 is 1.12 bits per heavy atom. The fourth-order valence-electron chi connectivity index (χ4n) is 2.24. The van der Waals surface area contributed by atoms with E-state index in [-0.39, 0.29) is 17.6 Å². The number of rotatable bonds is 4. The molecular weight excluding hydrogens is 227 g/mol. The lowest BCUT2D eigenvalue weighted by atomic mass is 9.75. The van der Waals surface area contributed by atoms with E-state index in [1.165, 1.54) is 6.42 Å². The molecule has 1 fully saturated rings. The zero-order valence-corrected chi connectivity index (χ0v) is 9.82. The molecule has 17 heavy (non-hydrogen) atoms. The first-order chi connectivity index (χ1) is 8.06. The maximum atomic E-state index is 13.4. The summed E-state index contributed by atoms with van der Waals surface area (Å²) in [6.45, 7) is 2.32. The van der Waals surface area contributed by atoms with Crippen LogP contribution in [0.3, 0.4) is 0 Å². The topological polar surface area (TPSA) is 12.0 Å². The number of hydrogen-bond donors (Lipinski definition) is 1. The summed E-state index contributed by atoms with van der Waals surface area (Å²) in [5, 5.41) is 3.26. The Hall–Kier alpha value is -1.03. The van der Waals surface area contributed by atoms with Gasteiger partial charge in [-0.05, 0) is 31.7 Å². The van der Waals surface area contributed by atoms with Gasteiger partial charge in [0, 0.05) is 23.7 Å². The Kier molecular flexibility index (Phi) is 3.43. The van der Waals surface area contributed by atoms with Gasteiger partial charge in [-0.3, -0.25) is 0 Å². The van der Waals surface area contributed by atoms with Crippen molar-refractivity contribution in [2.75, 3.05) is 0 Å². The van der Waals surface area contributed by atoms with Gasteiger partial charge in [-0.1, -0.05) is 6.92 Å². The molecule has 1 saturated carbocycles. The SMILES string of the molecule is CCC1(NCc2cc(F)c(F)cc2F)CCC1. The number of halogens is 3. The lowest BCUT2D eigenvalue weighted by Crippen LogP contribution is -2.50.